The number of carbonyl (C=O) groups excluding carboxylic acids is 1. The molecule has 0 spiro atoms. The van der Waals surface area contributed by atoms with E-state index in [1.807, 2.05) is 0 Å². The average molecular weight is 432 g/mol. The van der Waals surface area contributed by atoms with Crippen LogP contribution in [-0.4, -0.2) is 28.9 Å². The van der Waals surface area contributed by atoms with Crippen LogP contribution < -0.4 is 25.9 Å². The van der Waals surface area contributed by atoms with Crippen LogP contribution in [0, 0.1) is 0 Å². The Hall–Kier alpha value is -3.07. The maximum Gasteiger partial charge on any atom is 0.273 e. The molecule has 2 heterocycles. The van der Waals surface area contributed by atoms with Gasteiger partial charge in [0.05, 0.1) is 16.5 Å². The number of nitrogens with one attached hydrogen (secondary N) is 2. The quantitative estimate of drug-likeness (QED) is 0.658. The van der Waals surface area contributed by atoms with Gasteiger partial charge in [0.15, 0.2) is 11.5 Å². The molecule has 1 aromatic heterocycles. The largest absolute Gasteiger partial charge is 0.486 e. The number of aromatic amines is 1. The standard InChI is InChI=1S/C18H14BrN3O5/c19-12-7-14-15(27-6-5-26-14)8-13(12)20-16(23)9-22-18(25)11-4-2-1-3-10(11)17(24)21-22/h1-4,7-8H,5-6,9H2,(H,20,23)(H,21,24). The molecule has 0 unspecified atom stereocenters. The Morgan fingerprint density at radius 2 is 1.78 bits per heavy atom. The highest BCUT2D eigenvalue weighted by molar-refractivity contribution is 9.10. The molecule has 0 saturated heterocycles. The van der Waals surface area contributed by atoms with Crippen LogP contribution in [0.15, 0.2) is 50.5 Å². The van der Waals surface area contributed by atoms with Crippen molar-refractivity contribution in [3.63, 3.8) is 0 Å². The van der Waals surface area contributed by atoms with Gasteiger partial charge in [-0.1, -0.05) is 12.1 Å². The summed E-state index contributed by atoms with van der Waals surface area (Å²) in [7, 11) is 0. The average Bonchev–Trinajstić information content (AvgIpc) is 2.66. The number of hydrogen-bond donors (Lipinski definition) is 2. The number of hydrogen-bond acceptors (Lipinski definition) is 5. The van der Waals surface area contributed by atoms with Gasteiger partial charge in [0.2, 0.25) is 5.91 Å². The molecule has 138 valence electrons. The summed E-state index contributed by atoms with van der Waals surface area (Å²) in [6.07, 6.45) is 0. The molecule has 8 nitrogen and oxygen atoms in total. The number of aromatic nitrogens is 2. The van der Waals surface area contributed by atoms with Gasteiger partial charge < -0.3 is 14.8 Å². The highest BCUT2D eigenvalue weighted by atomic mass is 79.9. The lowest BCUT2D eigenvalue weighted by molar-refractivity contribution is -0.117. The third-order valence-electron chi connectivity index (χ3n) is 4.09. The van der Waals surface area contributed by atoms with Crippen molar-refractivity contribution in [2.45, 2.75) is 6.54 Å². The zero-order valence-electron chi connectivity index (χ0n) is 14.0. The number of benzene rings is 2. The van der Waals surface area contributed by atoms with Gasteiger partial charge >= 0.3 is 0 Å². The minimum Gasteiger partial charge on any atom is -0.486 e. The zero-order valence-corrected chi connectivity index (χ0v) is 15.5. The molecule has 9 heteroatoms. The van der Waals surface area contributed by atoms with Crippen molar-refractivity contribution in [3.05, 3.63) is 61.6 Å². The van der Waals surface area contributed by atoms with Crippen molar-refractivity contribution < 1.29 is 14.3 Å². The van der Waals surface area contributed by atoms with Gasteiger partial charge in [-0.05, 0) is 28.1 Å². The second-order valence-corrected chi connectivity index (χ2v) is 6.76. The number of ether oxygens (including phenoxy) is 2. The van der Waals surface area contributed by atoms with Crippen LogP contribution in [0.1, 0.15) is 0 Å². The van der Waals surface area contributed by atoms with E-state index in [1.54, 1.807) is 36.4 Å². The van der Waals surface area contributed by atoms with E-state index in [2.05, 4.69) is 26.3 Å². The van der Waals surface area contributed by atoms with E-state index in [-0.39, 0.29) is 17.3 Å². The molecule has 3 aromatic rings. The van der Waals surface area contributed by atoms with Gasteiger partial charge in [0, 0.05) is 16.6 Å². The smallest absolute Gasteiger partial charge is 0.273 e. The van der Waals surface area contributed by atoms with E-state index in [9.17, 15) is 14.4 Å². The number of rotatable bonds is 3. The van der Waals surface area contributed by atoms with E-state index in [0.29, 0.717) is 34.9 Å². The maximum absolute atomic E-state index is 12.5. The molecule has 2 N–H and O–H groups in total. The van der Waals surface area contributed by atoms with Crippen LogP contribution in [-0.2, 0) is 11.3 Å². The number of H-pyrrole nitrogens is 1. The van der Waals surface area contributed by atoms with Gasteiger partial charge in [-0.3, -0.25) is 19.5 Å². The molecule has 0 atom stereocenters. The molecule has 1 amide bonds. The minimum absolute atomic E-state index is 0.259. The molecule has 1 aliphatic rings. The first kappa shape index (κ1) is 17.3. The van der Waals surface area contributed by atoms with E-state index >= 15 is 0 Å². The Labute approximate surface area is 160 Å². The number of halogens is 1. The predicted octanol–water partition coefficient (Wildman–Crippen LogP) is 1.86. The molecule has 27 heavy (non-hydrogen) atoms. The monoisotopic (exact) mass is 431 g/mol. The SMILES string of the molecule is O=C(Cn1[nH]c(=O)c2ccccc2c1=O)Nc1cc2c(cc1Br)OCCO2. The molecule has 1 aliphatic heterocycles. The molecule has 0 aliphatic carbocycles. The van der Waals surface area contributed by atoms with Crippen molar-refractivity contribution in [2.75, 3.05) is 18.5 Å². The van der Waals surface area contributed by atoms with E-state index in [1.165, 1.54) is 0 Å². The van der Waals surface area contributed by atoms with Crippen LogP contribution in [0.5, 0.6) is 11.5 Å². The molecule has 0 fully saturated rings. The highest BCUT2D eigenvalue weighted by Crippen LogP contribution is 2.38. The van der Waals surface area contributed by atoms with Crippen LogP contribution in [0.3, 0.4) is 0 Å². The summed E-state index contributed by atoms with van der Waals surface area (Å²) in [5.41, 5.74) is -0.402. The molecule has 2 aromatic carbocycles. The third kappa shape index (κ3) is 3.33. The lowest BCUT2D eigenvalue weighted by Crippen LogP contribution is -2.34. The van der Waals surface area contributed by atoms with Gasteiger partial charge in [-0.2, -0.15) is 0 Å². The summed E-state index contributed by atoms with van der Waals surface area (Å²) in [5.74, 6) is 0.637. The predicted molar refractivity (Wildman–Crippen MR) is 103 cm³/mol. The van der Waals surface area contributed by atoms with Gasteiger partial charge in [-0.15, -0.1) is 0 Å². The number of amides is 1. The normalized spacial score (nSPS) is 12.8. The summed E-state index contributed by atoms with van der Waals surface area (Å²) >= 11 is 3.37. The summed E-state index contributed by atoms with van der Waals surface area (Å²) in [5, 5.41) is 5.68. The molecule has 0 bridgehead atoms. The summed E-state index contributed by atoms with van der Waals surface area (Å²) in [6.45, 7) is 0.554. The second-order valence-electron chi connectivity index (χ2n) is 5.90. The van der Waals surface area contributed by atoms with Gasteiger partial charge in [0.1, 0.15) is 19.8 Å². The fourth-order valence-corrected chi connectivity index (χ4v) is 3.27. The summed E-state index contributed by atoms with van der Waals surface area (Å²) in [4.78, 5) is 37.0. The fraction of sp³-hybridized carbons (Fsp3) is 0.167. The Kier molecular flexibility index (Phi) is 4.44. The Balaban J connectivity index is 1.60. The minimum atomic E-state index is -0.472. The molecule has 4 rings (SSSR count). The van der Waals surface area contributed by atoms with Crippen LogP contribution in [0.4, 0.5) is 5.69 Å². The fourth-order valence-electron chi connectivity index (χ4n) is 2.85. The Morgan fingerprint density at radius 1 is 1.11 bits per heavy atom. The number of fused-ring (bicyclic) bond motifs is 2. The van der Waals surface area contributed by atoms with E-state index in [0.717, 1.165) is 4.68 Å². The maximum atomic E-state index is 12.5. The highest BCUT2D eigenvalue weighted by Gasteiger charge is 2.17. The topological polar surface area (TPSA) is 102 Å². The first-order chi connectivity index (χ1) is 13.0. The van der Waals surface area contributed by atoms with E-state index in [4.69, 9.17) is 9.47 Å². The van der Waals surface area contributed by atoms with E-state index < -0.39 is 17.0 Å². The lowest BCUT2D eigenvalue weighted by Gasteiger charge is -2.20. The number of anilines is 1. The molecular weight excluding hydrogens is 418 g/mol. The number of carbonyl (C=O) groups is 1. The first-order valence-electron chi connectivity index (χ1n) is 8.14. The van der Waals surface area contributed by atoms with Crippen LogP contribution in [0.2, 0.25) is 0 Å². The number of nitrogens with zero attached hydrogens (tertiary/aromatic N) is 1. The third-order valence-corrected chi connectivity index (χ3v) is 4.75. The lowest BCUT2D eigenvalue weighted by atomic mass is 10.2. The summed E-state index contributed by atoms with van der Waals surface area (Å²) < 4.78 is 12.6. The molecular formula is C18H14BrN3O5. The van der Waals surface area contributed by atoms with Crippen LogP contribution >= 0.6 is 15.9 Å². The zero-order chi connectivity index (χ0) is 19.0. The van der Waals surface area contributed by atoms with Crippen molar-refractivity contribution in [3.8, 4) is 11.5 Å². The Bertz CT molecular complexity index is 1170. The second kappa shape index (κ2) is 6.92. The van der Waals surface area contributed by atoms with Crippen molar-refractivity contribution in [2.24, 2.45) is 0 Å². The van der Waals surface area contributed by atoms with Crippen LogP contribution in [0.25, 0.3) is 10.8 Å². The van der Waals surface area contributed by atoms with Gasteiger partial charge in [-0.25, -0.2) is 4.68 Å². The first-order valence-corrected chi connectivity index (χ1v) is 8.93. The summed E-state index contributed by atoms with van der Waals surface area (Å²) in [6, 6.07) is 9.80. The van der Waals surface area contributed by atoms with Crippen molar-refractivity contribution in [1.82, 2.24) is 9.78 Å². The van der Waals surface area contributed by atoms with Gasteiger partial charge in [0.25, 0.3) is 11.1 Å². The molecule has 0 saturated carbocycles. The molecule has 0 radical (unpaired) electrons. The Morgan fingerprint density at radius 3 is 2.52 bits per heavy atom. The van der Waals surface area contributed by atoms with Crippen molar-refractivity contribution in [1.29, 1.82) is 0 Å². The van der Waals surface area contributed by atoms with Crippen molar-refractivity contribution >= 4 is 38.3 Å².